The van der Waals surface area contributed by atoms with Crippen molar-refractivity contribution in [2.75, 3.05) is 25.3 Å². The number of imidazole rings is 1. The van der Waals surface area contributed by atoms with E-state index in [0.29, 0.717) is 35.3 Å². The summed E-state index contributed by atoms with van der Waals surface area (Å²) >= 11 is 0. The van der Waals surface area contributed by atoms with Gasteiger partial charge in [0.15, 0.2) is 5.65 Å². The van der Waals surface area contributed by atoms with Gasteiger partial charge in [0, 0.05) is 17.8 Å². The quantitative estimate of drug-likeness (QED) is 0.501. The summed E-state index contributed by atoms with van der Waals surface area (Å²) in [5.41, 5.74) is 9.96. The van der Waals surface area contributed by atoms with Crippen molar-refractivity contribution in [2.45, 2.75) is 6.54 Å². The van der Waals surface area contributed by atoms with Crippen LogP contribution in [0.15, 0.2) is 60.7 Å². The van der Waals surface area contributed by atoms with Gasteiger partial charge < -0.3 is 20.5 Å². The number of fused-ring (bicyclic) bond motifs is 1. The number of nitrogens with one attached hydrogen (secondary N) is 1. The Bertz CT molecular complexity index is 1120. The van der Waals surface area contributed by atoms with Crippen molar-refractivity contribution in [1.82, 2.24) is 14.6 Å². The Balaban J connectivity index is 1.64. The van der Waals surface area contributed by atoms with Crippen LogP contribution in [0, 0.1) is 0 Å². The SMILES string of the molecule is COc1cccc(CNc2ccc3nc(-c4cccc(N)c4)c(OC)n3n2)c1. The number of hydrogen-bond donors (Lipinski definition) is 2. The van der Waals surface area contributed by atoms with E-state index in [9.17, 15) is 0 Å². The number of hydrogen-bond acceptors (Lipinski definition) is 6. The number of nitrogens with two attached hydrogens (primary N) is 1. The fourth-order valence-electron chi connectivity index (χ4n) is 3.04. The molecule has 0 fully saturated rings. The zero-order valence-electron chi connectivity index (χ0n) is 15.7. The Morgan fingerprint density at radius 1 is 1.00 bits per heavy atom. The number of nitrogens with zero attached hydrogens (tertiary/aromatic N) is 3. The van der Waals surface area contributed by atoms with Crippen LogP contribution in [0.2, 0.25) is 0 Å². The van der Waals surface area contributed by atoms with Crippen molar-refractivity contribution >= 4 is 17.2 Å². The van der Waals surface area contributed by atoms with Gasteiger partial charge in [0.1, 0.15) is 17.3 Å². The van der Waals surface area contributed by atoms with Crippen LogP contribution in [0.25, 0.3) is 16.9 Å². The minimum atomic E-state index is 0.561. The summed E-state index contributed by atoms with van der Waals surface area (Å²) in [4.78, 5) is 4.65. The van der Waals surface area contributed by atoms with Crippen molar-refractivity contribution in [3.63, 3.8) is 0 Å². The fraction of sp³-hybridized carbons (Fsp3) is 0.143. The average Bonchev–Trinajstić information content (AvgIpc) is 3.10. The molecule has 7 nitrogen and oxygen atoms in total. The Hall–Kier alpha value is -3.74. The van der Waals surface area contributed by atoms with Crippen molar-refractivity contribution in [2.24, 2.45) is 0 Å². The van der Waals surface area contributed by atoms with E-state index in [4.69, 9.17) is 15.2 Å². The van der Waals surface area contributed by atoms with Gasteiger partial charge in [0.2, 0.25) is 5.88 Å². The molecule has 0 atom stereocenters. The van der Waals surface area contributed by atoms with Crippen LogP contribution in [0.1, 0.15) is 5.56 Å². The highest BCUT2D eigenvalue weighted by atomic mass is 16.5. The van der Waals surface area contributed by atoms with E-state index in [1.165, 1.54) is 0 Å². The molecule has 4 aromatic rings. The number of benzene rings is 2. The average molecular weight is 375 g/mol. The summed E-state index contributed by atoms with van der Waals surface area (Å²) in [6, 6.07) is 19.2. The summed E-state index contributed by atoms with van der Waals surface area (Å²) in [6.07, 6.45) is 0. The molecule has 0 aliphatic heterocycles. The first kappa shape index (κ1) is 17.7. The fourth-order valence-corrected chi connectivity index (χ4v) is 3.04. The zero-order valence-corrected chi connectivity index (χ0v) is 15.7. The van der Waals surface area contributed by atoms with Crippen molar-refractivity contribution in [1.29, 1.82) is 0 Å². The maximum atomic E-state index is 5.91. The molecule has 3 N–H and O–H groups in total. The van der Waals surface area contributed by atoms with Crippen LogP contribution in [-0.4, -0.2) is 28.8 Å². The number of ether oxygens (including phenoxy) is 2. The van der Waals surface area contributed by atoms with E-state index in [0.717, 1.165) is 16.9 Å². The van der Waals surface area contributed by atoms with Gasteiger partial charge in [-0.2, -0.15) is 4.52 Å². The Morgan fingerprint density at radius 3 is 2.64 bits per heavy atom. The van der Waals surface area contributed by atoms with Gasteiger partial charge in [-0.1, -0.05) is 24.3 Å². The van der Waals surface area contributed by atoms with Gasteiger partial charge >= 0.3 is 0 Å². The van der Waals surface area contributed by atoms with E-state index in [2.05, 4.69) is 15.4 Å². The largest absolute Gasteiger partial charge is 0.497 e. The normalized spacial score (nSPS) is 10.8. The molecule has 0 radical (unpaired) electrons. The van der Waals surface area contributed by atoms with Crippen LogP contribution in [0.4, 0.5) is 11.5 Å². The number of anilines is 2. The smallest absolute Gasteiger partial charge is 0.243 e. The van der Waals surface area contributed by atoms with Crippen LogP contribution < -0.4 is 20.5 Å². The predicted molar refractivity (Wildman–Crippen MR) is 110 cm³/mol. The van der Waals surface area contributed by atoms with Crippen molar-refractivity contribution in [3.05, 3.63) is 66.2 Å². The van der Waals surface area contributed by atoms with Crippen LogP contribution >= 0.6 is 0 Å². The summed E-state index contributed by atoms with van der Waals surface area (Å²) in [7, 11) is 3.27. The molecule has 7 heteroatoms. The molecule has 142 valence electrons. The second kappa shape index (κ2) is 7.48. The molecule has 0 saturated carbocycles. The molecule has 0 aliphatic carbocycles. The van der Waals surface area contributed by atoms with Gasteiger partial charge in [-0.3, -0.25) is 0 Å². The predicted octanol–water partition coefficient (Wildman–Crippen LogP) is 3.61. The highest BCUT2D eigenvalue weighted by Gasteiger charge is 2.16. The Kier molecular flexibility index (Phi) is 4.72. The van der Waals surface area contributed by atoms with Crippen LogP contribution in [0.5, 0.6) is 11.6 Å². The second-order valence-corrected chi connectivity index (χ2v) is 6.29. The van der Waals surface area contributed by atoms with E-state index in [1.54, 1.807) is 18.7 Å². The Labute approximate surface area is 162 Å². The Morgan fingerprint density at radius 2 is 1.86 bits per heavy atom. The number of rotatable bonds is 6. The number of aromatic nitrogens is 3. The van der Waals surface area contributed by atoms with Gasteiger partial charge in [0.05, 0.1) is 14.2 Å². The van der Waals surface area contributed by atoms with Gasteiger partial charge in [0.25, 0.3) is 0 Å². The van der Waals surface area contributed by atoms with Crippen molar-refractivity contribution in [3.8, 4) is 22.9 Å². The minimum absolute atomic E-state index is 0.561. The highest BCUT2D eigenvalue weighted by molar-refractivity contribution is 5.71. The molecular weight excluding hydrogens is 354 g/mol. The monoisotopic (exact) mass is 375 g/mol. The molecule has 4 rings (SSSR count). The third-order valence-electron chi connectivity index (χ3n) is 4.40. The maximum absolute atomic E-state index is 5.91. The first-order valence-corrected chi connectivity index (χ1v) is 8.84. The second-order valence-electron chi connectivity index (χ2n) is 6.29. The van der Waals surface area contributed by atoms with E-state index in [-0.39, 0.29) is 0 Å². The molecule has 0 unspecified atom stereocenters. The minimum Gasteiger partial charge on any atom is -0.497 e. The van der Waals surface area contributed by atoms with E-state index >= 15 is 0 Å². The molecule has 0 bridgehead atoms. The lowest BCUT2D eigenvalue weighted by atomic mass is 10.1. The lowest BCUT2D eigenvalue weighted by Gasteiger charge is -2.08. The van der Waals surface area contributed by atoms with Crippen LogP contribution in [-0.2, 0) is 6.54 Å². The lowest BCUT2D eigenvalue weighted by Crippen LogP contribution is -2.05. The maximum Gasteiger partial charge on any atom is 0.243 e. The first-order valence-electron chi connectivity index (χ1n) is 8.84. The summed E-state index contributed by atoms with van der Waals surface area (Å²) < 4.78 is 12.5. The van der Waals surface area contributed by atoms with Gasteiger partial charge in [-0.25, -0.2) is 4.98 Å². The molecule has 28 heavy (non-hydrogen) atoms. The topological polar surface area (TPSA) is 86.7 Å². The van der Waals surface area contributed by atoms with Gasteiger partial charge in [-0.15, -0.1) is 5.10 Å². The van der Waals surface area contributed by atoms with E-state index < -0.39 is 0 Å². The molecule has 0 amide bonds. The van der Waals surface area contributed by atoms with Crippen LogP contribution in [0.3, 0.4) is 0 Å². The molecule has 2 heterocycles. The molecule has 0 spiro atoms. The third kappa shape index (κ3) is 3.42. The lowest BCUT2D eigenvalue weighted by molar-refractivity contribution is 0.389. The van der Waals surface area contributed by atoms with Crippen molar-refractivity contribution < 1.29 is 9.47 Å². The zero-order chi connectivity index (χ0) is 19.5. The molecular formula is C21H21N5O2. The molecule has 0 aliphatic rings. The first-order chi connectivity index (χ1) is 13.7. The summed E-state index contributed by atoms with van der Waals surface area (Å²) in [5, 5.41) is 7.95. The summed E-state index contributed by atoms with van der Waals surface area (Å²) in [6.45, 7) is 0.620. The molecule has 2 aromatic heterocycles. The summed E-state index contributed by atoms with van der Waals surface area (Å²) in [5.74, 6) is 2.10. The number of nitrogen functional groups attached to an aromatic ring is 1. The van der Waals surface area contributed by atoms with Gasteiger partial charge in [-0.05, 0) is 42.0 Å². The van der Waals surface area contributed by atoms with E-state index in [1.807, 2.05) is 60.7 Å². The number of methoxy groups -OCH3 is 2. The standard InChI is InChI=1S/C21H21N5O2/c1-27-17-8-3-5-14(11-17)13-23-18-9-10-19-24-20(21(28-2)26(19)25-18)15-6-4-7-16(22)12-15/h3-12H,13,22H2,1-2H3,(H,23,25). The molecule has 2 aromatic carbocycles. The molecule has 0 saturated heterocycles. The third-order valence-corrected chi connectivity index (χ3v) is 4.40. The highest BCUT2D eigenvalue weighted by Crippen LogP contribution is 2.31.